The standard InChI is InChI=1S/C21H18N4O3S/c1-29(27,28)18-12-10-17(11-13-18)22-21(26)16-8-6-15(7-9-16)14-25-20-5-3-2-4-19(20)23-24-25/h2-13H,14H2,1H3,(H,22,26). The van der Waals surface area contributed by atoms with Gasteiger partial charge in [0.1, 0.15) is 5.52 Å². The Morgan fingerprint density at radius 3 is 2.34 bits per heavy atom. The Bertz CT molecular complexity index is 1280. The van der Waals surface area contributed by atoms with Gasteiger partial charge in [-0.05, 0) is 54.1 Å². The van der Waals surface area contributed by atoms with Gasteiger partial charge in [0.15, 0.2) is 9.84 Å². The average Bonchev–Trinajstić information content (AvgIpc) is 3.11. The second-order valence-electron chi connectivity index (χ2n) is 6.68. The third kappa shape index (κ3) is 4.17. The number of para-hydroxylation sites is 1. The molecule has 0 atom stereocenters. The smallest absolute Gasteiger partial charge is 0.255 e. The van der Waals surface area contributed by atoms with E-state index in [1.165, 1.54) is 12.1 Å². The topological polar surface area (TPSA) is 94.0 Å². The number of anilines is 1. The van der Waals surface area contributed by atoms with Crippen molar-refractivity contribution in [3.8, 4) is 0 Å². The van der Waals surface area contributed by atoms with Crippen LogP contribution in [0.15, 0.2) is 77.7 Å². The van der Waals surface area contributed by atoms with Crippen LogP contribution in [0.1, 0.15) is 15.9 Å². The zero-order valence-corrected chi connectivity index (χ0v) is 16.4. The third-order valence-electron chi connectivity index (χ3n) is 4.51. The molecule has 3 aromatic carbocycles. The van der Waals surface area contributed by atoms with E-state index in [9.17, 15) is 13.2 Å². The van der Waals surface area contributed by atoms with Gasteiger partial charge in [-0.3, -0.25) is 4.79 Å². The number of rotatable bonds is 5. The summed E-state index contributed by atoms with van der Waals surface area (Å²) in [5.41, 5.74) is 3.82. The van der Waals surface area contributed by atoms with Gasteiger partial charge in [0.05, 0.1) is 17.0 Å². The molecular formula is C21H18N4O3S. The van der Waals surface area contributed by atoms with Gasteiger partial charge in [0.2, 0.25) is 0 Å². The van der Waals surface area contributed by atoms with Crippen LogP contribution < -0.4 is 5.32 Å². The van der Waals surface area contributed by atoms with Gasteiger partial charge in [0, 0.05) is 17.5 Å². The van der Waals surface area contributed by atoms with E-state index in [1.807, 2.05) is 41.1 Å². The molecule has 8 heteroatoms. The number of nitrogens with zero attached hydrogens (tertiary/aromatic N) is 3. The lowest BCUT2D eigenvalue weighted by Crippen LogP contribution is -2.12. The predicted molar refractivity (Wildman–Crippen MR) is 111 cm³/mol. The van der Waals surface area contributed by atoms with Crippen LogP contribution in [0, 0.1) is 0 Å². The fraction of sp³-hybridized carbons (Fsp3) is 0.0952. The van der Waals surface area contributed by atoms with Crippen molar-refractivity contribution in [1.29, 1.82) is 0 Å². The van der Waals surface area contributed by atoms with E-state index in [0.717, 1.165) is 22.9 Å². The summed E-state index contributed by atoms with van der Waals surface area (Å²) >= 11 is 0. The largest absolute Gasteiger partial charge is 0.322 e. The second kappa shape index (κ2) is 7.48. The van der Waals surface area contributed by atoms with E-state index < -0.39 is 9.84 Å². The normalized spacial score (nSPS) is 11.5. The monoisotopic (exact) mass is 406 g/mol. The third-order valence-corrected chi connectivity index (χ3v) is 5.64. The van der Waals surface area contributed by atoms with Crippen LogP contribution in [-0.4, -0.2) is 35.6 Å². The highest BCUT2D eigenvalue weighted by Gasteiger charge is 2.10. The number of carbonyl (C=O) groups excluding carboxylic acids is 1. The van der Waals surface area contributed by atoms with Crippen LogP contribution in [0.2, 0.25) is 0 Å². The summed E-state index contributed by atoms with van der Waals surface area (Å²) in [6, 6.07) is 21.0. The zero-order valence-electron chi connectivity index (χ0n) is 15.6. The molecule has 0 fully saturated rings. The first-order chi connectivity index (χ1) is 13.9. The first kappa shape index (κ1) is 18.8. The summed E-state index contributed by atoms with van der Waals surface area (Å²) in [5.74, 6) is -0.269. The van der Waals surface area contributed by atoms with Crippen molar-refractivity contribution >= 4 is 32.5 Å². The van der Waals surface area contributed by atoms with Crippen molar-refractivity contribution < 1.29 is 13.2 Å². The number of aromatic nitrogens is 3. The van der Waals surface area contributed by atoms with Crippen molar-refractivity contribution in [3.05, 3.63) is 83.9 Å². The van der Waals surface area contributed by atoms with Crippen LogP contribution in [0.4, 0.5) is 5.69 Å². The Morgan fingerprint density at radius 1 is 0.966 bits per heavy atom. The van der Waals surface area contributed by atoms with Crippen LogP contribution >= 0.6 is 0 Å². The first-order valence-corrected chi connectivity index (χ1v) is 10.8. The molecule has 1 aromatic heterocycles. The highest BCUT2D eigenvalue weighted by Crippen LogP contribution is 2.16. The molecule has 1 amide bonds. The predicted octanol–water partition coefficient (Wildman–Crippen LogP) is 3.14. The quantitative estimate of drug-likeness (QED) is 0.550. The molecule has 0 aliphatic heterocycles. The molecule has 29 heavy (non-hydrogen) atoms. The number of benzene rings is 3. The lowest BCUT2D eigenvalue weighted by atomic mass is 10.1. The molecule has 4 rings (SSSR count). The van der Waals surface area contributed by atoms with Gasteiger partial charge in [-0.1, -0.05) is 29.5 Å². The van der Waals surface area contributed by atoms with Crippen molar-refractivity contribution in [1.82, 2.24) is 15.0 Å². The van der Waals surface area contributed by atoms with E-state index in [0.29, 0.717) is 17.8 Å². The maximum Gasteiger partial charge on any atom is 0.255 e. The summed E-state index contributed by atoms with van der Waals surface area (Å²) in [6.07, 6.45) is 1.14. The number of nitrogens with one attached hydrogen (secondary N) is 1. The number of hydrogen-bond acceptors (Lipinski definition) is 5. The van der Waals surface area contributed by atoms with Crippen molar-refractivity contribution in [2.75, 3.05) is 11.6 Å². The van der Waals surface area contributed by atoms with Gasteiger partial charge >= 0.3 is 0 Å². The molecule has 0 saturated heterocycles. The van der Waals surface area contributed by atoms with Crippen LogP contribution in [0.3, 0.4) is 0 Å². The maximum atomic E-state index is 12.4. The summed E-state index contributed by atoms with van der Waals surface area (Å²) in [6.45, 7) is 0.551. The Balaban J connectivity index is 1.45. The Labute approximate surface area is 167 Å². The fourth-order valence-corrected chi connectivity index (χ4v) is 3.59. The minimum Gasteiger partial charge on any atom is -0.322 e. The number of amides is 1. The maximum absolute atomic E-state index is 12.4. The Kier molecular flexibility index (Phi) is 4.85. The lowest BCUT2D eigenvalue weighted by molar-refractivity contribution is 0.102. The first-order valence-electron chi connectivity index (χ1n) is 8.89. The molecule has 0 saturated carbocycles. The van der Waals surface area contributed by atoms with Crippen molar-refractivity contribution in [2.45, 2.75) is 11.4 Å². The highest BCUT2D eigenvalue weighted by molar-refractivity contribution is 7.90. The van der Waals surface area contributed by atoms with Crippen LogP contribution in [0.5, 0.6) is 0 Å². The number of sulfone groups is 1. The molecule has 0 unspecified atom stereocenters. The summed E-state index contributed by atoms with van der Waals surface area (Å²) in [4.78, 5) is 12.7. The van der Waals surface area contributed by atoms with Crippen molar-refractivity contribution in [2.24, 2.45) is 0 Å². The van der Waals surface area contributed by atoms with E-state index in [1.54, 1.807) is 24.3 Å². The molecule has 1 N–H and O–H groups in total. The molecule has 0 aliphatic rings. The van der Waals surface area contributed by atoms with Gasteiger partial charge in [-0.2, -0.15) is 0 Å². The summed E-state index contributed by atoms with van der Waals surface area (Å²) in [5, 5.41) is 11.1. The molecular weight excluding hydrogens is 388 g/mol. The zero-order chi connectivity index (χ0) is 20.4. The molecule has 146 valence electrons. The van der Waals surface area contributed by atoms with E-state index in [4.69, 9.17) is 0 Å². The summed E-state index contributed by atoms with van der Waals surface area (Å²) < 4.78 is 24.8. The molecule has 1 heterocycles. The number of hydrogen-bond donors (Lipinski definition) is 1. The molecule has 0 radical (unpaired) electrons. The molecule has 4 aromatic rings. The molecule has 0 bridgehead atoms. The Morgan fingerprint density at radius 2 is 1.66 bits per heavy atom. The minimum atomic E-state index is -3.26. The van der Waals surface area contributed by atoms with Gasteiger partial charge in [-0.25, -0.2) is 13.1 Å². The van der Waals surface area contributed by atoms with Crippen LogP contribution in [-0.2, 0) is 16.4 Å². The number of fused-ring (bicyclic) bond motifs is 1. The highest BCUT2D eigenvalue weighted by atomic mass is 32.2. The number of carbonyl (C=O) groups is 1. The lowest BCUT2D eigenvalue weighted by Gasteiger charge is -2.07. The Hall–Kier alpha value is -3.52. The molecule has 0 spiro atoms. The van der Waals surface area contributed by atoms with Crippen LogP contribution in [0.25, 0.3) is 11.0 Å². The van der Waals surface area contributed by atoms with E-state index in [2.05, 4.69) is 15.6 Å². The summed E-state index contributed by atoms with van der Waals surface area (Å²) in [7, 11) is -3.26. The molecule has 0 aliphatic carbocycles. The van der Waals surface area contributed by atoms with Crippen molar-refractivity contribution in [3.63, 3.8) is 0 Å². The van der Waals surface area contributed by atoms with E-state index in [-0.39, 0.29) is 10.8 Å². The van der Waals surface area contributed by atoms with Gasteiger partial charge in [0.25, 0.3) is 5.91 Å². The van der Waals surface area contributed by atoms with Gasteiger partial charge < -0.3 is 5.32 Å². The molecule has 7 nitrogen and oxygen atoms in total. The fourth-order valence-electron chi connectivity index (χ4n) is 2.96. The van der Waals surface area contributed by atoms with Gasteiger partial charge in [-0.15, -0.1) is 5.10 Å². The average molecular weight is 406 g/mol. The van der Waals surface area contributed by atoms with E-state index >= 15 is 0 Å². The SMILES string of the molecule is CS(=O)(=O)c1ccc(NC(=O)c2ccc(Cn3nnc4ccccc43)cc2)cc1. The minimum absolute atomic E-state index is 0.209. The second-order valence-corrected chi connectivity index (χ2v) is 8.70.